The largest absolute Gasteiger partial charge is 0.272 e. The second kappa shape index (κ2) is 5.85. The fraction of sp³-hybridized carbons (Fsp3) is 0.462. The molecule has 102 valence electrons. The molecule has 0 bridgehead atoms. The predicted octanol–water partition coefficient (Wildman–Crippen LogP) is 2.81. The number of nitriles is 1. The van der Waals surface area contributed by atoms with Crippen molar-refractivity contribution in [2.45, 2.75) is 25.7 Å². The highest BCUT2D eigenvalue weighted by Crippen LogP contribution is 2.35. The van der Waals surface area contributed by atoms with E-state index in [4.69, 9.17) is 21.7 Å². The SMILES string of the molecule is CCN1OC(c2cc(F)cc(C#N)c2)N(CC)C1Cl. The van der Waals surface area contributed by atoms with Crippen molar-refractivity contribution >= 4 is 11.6 Å². The third kappa shape index (κ3) is 2.72. The third-order valence-electron chi connectivity index (χ3n) is 3.06. The highest BCUT2D eigenvalue weighted by atomic mass is 35.5. The summed E-state index contributed by atoms with van der Waals surface area (Å²) in [6.45, 7) is 5.17. The number of benzene rings is 1. The van der Waals surface area contributed by atoms with Crippen LogP contribution in [0, 0.1) is 17.1 Å². The summed E-state index contributed by atoms with van der Waals surface area (Å²) in [5.74, 6) is -0.449. The van der Waals surface area contributed by atoms with Crippen LogP contribution in [0.15, 0.2) is 18.2 Å². The van der Waals surface area contributed by atoms with Crippen molar-refractivity contribution in [2.75, 3.05) is 13.1 Å². The maximum absolute atomic E-state index is 13.5. The molecule has 1 aliphatic heterocycles. The highest BCUT2D eigenvalue weighted by Gasteiger charge is 2.39. The summed E-state index contributed by atoms with van der Waals surface area (Å²) in [6, 6.07) is 6.14. The Morgan fingerprint density at radius 2 is 2.11 bits per heavy atom. The maximum Gasteiger partial charge on any atom is 0.165 e. The van der Waals surface area contributed by atoms with Gasteiger partial charge in [-0.15, -0.1) is 0 Å². The molecule has 0 amide bonds. The van der Waals surface area contributed by atoms with Gasteiger partial charge < -0.3 is 0 Å². The first-order valence-electron chi connectivity index (χ1n) is 6.14. The van der Waals surface area contributed by atoms with E-state index in [-0.39, 0.29) is 5.56 Å². The standard InChI is InChI=1S/C13H15ClFN3O/c1-3-17-12(19-18(4-2)13(17)14)10-5-9(8-16)6-11(15)7-10/h5-7,12-13H,3-4H2,1-2H3. The van der Waals surface area contributed by atoms with Gasteiger partial charge >= 0.3 is 0 Å². The van der Waals surface area contributed by atoms with Crippen molar-refractivity contribution in [3.05, 3.63) is 35.1 Å². The van der Waals surface area contributed by atoms with E-state index in [0.717, 1.165) is 0 Å². The van der Waals surface area contributed by atoms with Gasteiger partial charge in [0.1, 0.15) is 5.82 Å². The Hall–Kier alpha value is -1.19. The Kier molecular flexibility index (Phi) is 4.38. The average Bonchev–Trinajstić information content (AvgIpc) is 2.74. The van der Waals surface area contributed by atoms with Gasteiger partial charge in [-0.05, 0) is 25.1 Å². The minimum atomic E-state index is -0.463. The molecule has 6 heteroatoms. The molecule has 19 heavy (non-hydrogen) atoms. The molecule has 0 N–H and O–H groups in total. The Labute approximate surface area is 116 Å². The molecule has 0 radical (unpaired) electrons. The van der Waals surface area contributed by atoms with E-state index >= 15 is 0 Å². The summed E-state index contributed by atoms with van der Waals surface area (Å²) >= 11 is 6.27. The quantitative estimate of drug-likeness (QED) is 0.632. The number of hydrogen-bond donors (Lipinski definition) is 0. The molecule has 1 heterocycles. The van der Waals surface area contributed by atoms with Crippen LogP contribution in [0.1, 0.15) is 31.2 Å². The van der Waals surface area contributed by atoms with E-state index in [9.17, 15) is 4.39 Å². The lowest BCUT2D eigenvalue weighted by atomic mass is 10.1. The van der Waals surface area contributed by atoms with Crippen molar-refractivity contribution in [3.8, 4) is 6.07 Å². The Balaban J connectivity index is 2.35. The molecule has 0 aliphatic carbocycles. The summed E-state index contributed by atoms with van der Waals surface area (Å²) in [5, 5.41) is 10.5. The molecule has 2 rings (SSSR count). The van der Waals surface area contributed by atoms with Crippen LogP contribution in [-0.2, 0) is 4.84 Å². The lowest BCUT2D eigenvalue weighted by molar-refractivity contribution is -0.155. The zero-order valence-corrected chi connectivity index (χ0v) is 11.6. The summed E-state index contributed by atoms with van der Waals surface area (Å²) in [6.07, 6.45) is -0.463. The molecule has 1 fully saturated rings. The fourth-order valence-electron chi connectivity index (χ4n) is 2.13. The third-order valence-corrected chi connectivity index (χ3v) is 3.53. The van der Waals surface area contributed by atoms with Crippen LogP contribution in [0.2, 0.25) is 0 Å². The zero-order chi connectivity index (χ0) is 14.0. The van der Waals surface area contributed by atoms with Crippen molar-refractivity contribution in [1.29, 1.82) is 5.26 Å². The minimum Gasteiger partial charge on any atom is -0.272 e. The molecule has 0 saturated carbocycles. The topological polar surface area (TPSA) is 39.5 Å². The number of nitrogens with zero attached hydrogens (tertiary/aromatic N) is 3. The average molecular weight is 284 g/mol. The molecule has 2 atom stereocenters. The van der Waals surface area contributed by atoms with E-state index in [0.29, 0.717) is 18.7 Å². The number of hydrogen-bond acceptors (Lipinski definition) is 4. The van der Waals surface area contributed by atoms with Crippen molar-refractivity contribution in [2.24, 2.45) is 0 Å². The smallest absolute Gasteiger partial charge is 0.165 e. The van der Waals surface area contributed by atoms with Gasteiger partial charge in [0.2, 0.25) is 0 Å². The summed E-state index contributed by atoms with van der Waals surface area (Å²) < 4.78 is 13.5. The molecular formula is C13H15ClFN3O. The van der Waals surface area contributed by atoms with Crippen LogP contribution < -0.4 is 0 Å². The van der Waals surface area contributed by atoms with Crippen LogP contribution in [0.25, 0.3) is 0 Å². The second-order valence-electron chi connectivity index (χ2n) is 4.22. The van der Waals surface area contributed by atoms with Gasteiger partial charge in [-0.3, -0.25) is 4.84 Å². The maximum atomic E-state index is 13.5. The molecule has 1 aromatic carbocycles. The molecule has 4 nitrogen and oxygen atoms in total. The molecule has 1 aliphatic rings. The molecule has 1 aromatic rings. The first kappa shape index (κ1) is 14.2. The first-order valence-corrected chi connectivity index (χ1v) is 6.58. The van der Waals surface area contributed by atoms with Crippen LogP contribution in [-0.4, -0.2) is 28.7 Å². The molecular weight excluding hydrogens is 269 g/mol. The predicted molar refractivity (Wildman–Crippen MR) is 69.3 cm³/mol. The van der Waals surface area contributed by atoms with Crippen molar-refractivity contribution in [3.63, 3.8) is 0 Å². The molecule has 2 unspecified atom stereocenters. The van der Waals surface area contributed by atoms with Gasteiger partial charge in [0, 0.05) is 18.7 Å². The first-order chi connectivity index (χ1) is 9.10. The van der Waals surface area contributed by atoms with Gasteiger partial charge in [-0.1, -0.05) is 18.5 Å². The number of halogens is 2. The molecule has 0 spiro atoms. The summed E-state index contributed by atoms with van der Waals surface area (Å²) in [5.41, 5.74) is 0.476. The number of alkyl halides is 1. The van der Waals surface area contributed by atoms with Crippen LogP contribution in [0.3, 0.4) is 0 Å². The van der Waals surface area contributed by atoms with Gasteiger partial charge in [0.15, 0.2) is 11.9 Å². The van der Waals surface area contributed by atoms with Crippen molar-refractivity contribution in [1.82, 2.24) is 9.96 Å². The monoisotopic (exact) mass is 283 g/mol. The van der Waals surface area contributed by atoms with Gasteiger partial charge in [-0.2, -0.15) is 10.3 Å². The summed E-state index contributed by atoms with van der Waals surface area (Å²) in [7, 11) is 0. The minimum absolute atomic E-state index is 0.274. The van der Waals surface area contributed by atoms with Gasteiger partial charge in [0.05, 0.1) is 11.6 Å². The Bertz CT molecular complexity index is 505. The van der Waals surface area contributed by atoms with E-state index in [2.05, 4.69) is 0 Å². The highest BCUT2D eigenvalue weighted by molar-refractivity contribution is 6.20. The summed E-state index contributed by atoms with van der Waals surface area (Å²) in [4.78, 5) is 7.61. The van der Waals surface area contributed by atoms with Crippen LogP contribution >= 0.6 is 11.6 Å². The Morgan fingerprint density at radius 1 is 1.37 bits per heavy atom. The van der Waals surface area contributed by atoms with Gasteiger partial charge in [0.25, 0.3) is 0 Å². The lowest BCUT2D eigenvalue weighted by Crippen LogP contribution is -2.34. The second-order valence-corrected chi connectivity index (χ2v) is 4.61. The fourth-order valence-corrected chi connectivity index (χ4v) is 2.55. The zero-order valence-electron chi connectivity index (χ0n) is 10.8. The molecule has 0 aromatic heterocycles. The van der Waals surface area contributed by atoms with Crippen molar-refractivity contribution < 1.29 is 9.23 Å². The van der Waals surface area contributed by atoms with Crippen LogP contribution in [0.4, 0.5) is 4.39 Å². The molecule has 1 saturated heterocycles. The van der Waals surface area contributed by atoms with E-state index in [1.807, 2.05) is 24.8 Å². The lowest BCUT2D eigenvalue weighted by Gasteiger charge is -2.22. The number of rotatable bonds is 3. The van der Waals surface area contributed by atoms with Gasteiger partial charge in [-0.25, -0.2) is 9.29 Å². The van der Waals surface area contributed by atoms with E-state index in [1.54, 1.807) is 11.1 Å². The normalized spacial score (nSPS) is 24.6. The van der Waals surface area contributed by atoms with E-state index in [1.165, 1.54) is 12.1 Å². The number of hydroxylamine groups is 2. The Morgan fingerprint density at radius 3 is 2.68 bits per heavy atom. The van der Waals surface area contributed by atoms with E-state index < -0.39 is 17.7 Å². The van der Waals surface area contributed by atoms with Crippen LogP contribution in [0.5, 0.6) is 0 Å².